The molecule has 2 heterocycles. The second kappa shape index (κ2) is 9.51. The van der Waals surface area contributed by atoms with Gasteiger partial charge < -0.3 is 25.4 Å². The highest BCUT2D eigenvalue weighted by molar-refractivity contribution is 5.98. The fraction of sp³-hybridized carbons (Fsp3) is 0.240. The van der Waals surface area contributed by atoms with Crippen molar-refractivity contribution in [1.82, 2.24) is 20.3 Å². The maximum absolute atomic E-state index is 13.6. The summed E-state index contributed by atoms with van der Waals surface area (Å²) in [5.41, 5.74) is 1.15. The molecule has 1 aliphatic heterocycles. The van der Waals surface area contributed by atoms with Crippen molar-refractivity contribution < 1.29 is 29.2 Å². The van der Waals surface area contributed by atoms with E-state index in [1.165, 1.54) is 29.1 Å². The summed E-state index contributed by atoms with van der Waals surface area (Å²) >= 11 is 0. The lowest BCUT2D eigenvalue weighted by molar-refractivity contribution is -0.210. The number of rotatable bonds is 5. The molecule has 4 N–H and O–H groups in total. The second-order valence-corrected chi connectivity index (χ2v) is 8.38. The summed E-state index contributed by atoms with van der Waals surface area (Å²) < 4.78 is 20.5. The zero-order valence-electron chi connectivity index (χ0n) is 18.4. The molecule has 0 saturated carbocycles. The van der Waals surface area contributed by atoms with Crippen LogP contribution in [0.2, 0.25) is 0 Å². The van der Waals surface area contributed by atoms with Gasteiger partial charge in [-0.3, -0.25) is 4.79 Å². The summed E-state index contributed by atoms with van der Waals surface area (Å²) in [5.74, 6) is -0.939. The van der Waals surface area contributed by atoms with E-state index in [0.717, 1.165) is 10.8 Å². The van der Waals surface area contributed by atoms with Gasteiger partial charge >= 0.3 is 0 Å². The first-order valence-corrected chi connectivity index (χ1v) is 11.0. The van der Waals surface area contributed by atoms with E-state index >= 15 is 0 Å². The summed E-state index contributed by atoms with van der Waals surface area (Å²) in [6.07, 6.45) is -3.69. The number of hydrogen-bond acceptors (Lipinski definition) is 7. The van der Waals surface area contributed by atoms with Crippen LogP contribution in [0.15, 0.2) is 72.9 Å². The number of aliphatic hydroxyl groups excluding tert-OH is 3. The number of amides is 1. The van der Waals surface area contributed by atoms with Gasteiger partial charge in [0.05, 0.1) is 12.8 Å². The van der Waals surface area contributed by atoms with Crippen molar-refractivity contribution in [2.24, 2.45) is 0 Å². The van der Waals surface area contributed by atoms with E-state index in [1.54, 1.807) is 18.2 Å². The Morgan fingerprint density at radius 1 is 1.03 bits per heavy atom. The van der Waals surface area contributed by atoms with Gasteiger partial charge in [0.1, 0.15) is 35.9 Å². The number of carbonyl (C=O) groups is 1. The maximum atomic E-state index is 13.6. The highest BCUT2D eigenvalue weighted by Crippen LogP contribution is 2.30. The van der Waals surface area contributed by atoms with Crippen LogP contribution in [0.5, 0.6) is 0 Å². The fourth-order valence-electron chi connectivity index (χ4n) is 4.28. The van der Waals surface area contributed by atoms with E-state index in [9.17, 15) is 24.5 Å². The average molecular weight is 478 g/mol. The van der Waals surface area contributed by atoms with Crippen LogP contribution in [0.1, 0.15) is 16.4 Å². The summed E-state index contributed by atoms with van der Waals surface area (Å²) in [5, 5.41) is 44.0. The van der Waals surface area contributed by atoms with Gasteiger partial charge in [0.2, 0.25) is 0 Å². The number of halogens is 1. The minimum Gasteiger partial charge on any atom is -0.394 e. The Hall–Kier alpha value is -3.70. The zero-order chi connectivity index (χ0) is 24.5. The van der Waals surface area contributed by atoms with Gasteiger partial charge in [0.15, 0.2) is 6.23 Å². The Bertz CT molecular complexity index is 1360. The lowest BCUT2D eigenvalue weighted by atomic mass is 9.95. The van der Waals surface area contributed by atoms with Crippen LogP contribution >= 0.6 is 0 Å². The van der Waals surface area contributed by atoms with Crippen molar-refractivity contribution in [3.63, 3.8) is 0 Å². The van der Waals surface area contributed by atoms with E-state index < -0.39 is 48.9 Å². The Labute approximate surface area is 199 Å². The first-order chi connectivity index (χ1) is 16.9. The van der Waals surface area contributed by atoms with Crippen molar-refractivity contribution >= 4 is 16.7 Å². The normalized spacial score (nSPS) is 24.4. The van der Waals surface area contributed by atoms with Gasteiger partial charge in [-0.2, -0.15) is 0 Å². The maximum Gasteiger partial charge on any atom is 0.253 e. The quantitative estimate of drug-likeness (QED) is 0.343. The fourth-order valence-corrected chi connectivity index (χ4v) is 4.28. The van der Waals surface area contributed by atoms with E-state index in [4.69, 9.17) is 4.74 Å². The third-order valence-corrected chi connectivity index (χ3v) is 6.11. The molecule has 1 fully saturated rings. The predicted molar refractivity (Wildman–Crippen MR) is 124 cm³/mol. The third kappa shape index (κ3) is 4.52. The lowest BCUT2D eigenvalue weighted by Gasteiger charge is -2.42. The summed E-state index contributed by atoms with van der Waals surface area (Å²) in [6.45, 7) is -0.557. The molecule has 0 aliphatic carbocycles. The average Bonchev–Trinajstić information content (AvgIpc) is 3.35. The number of hydrogen-bond donors (Lipinski definition) is 4. The number of aromatic nitrogens is 3. The summed E-state index contributed by atoms with van der Waals surface area (Å²) in [4.78, 5) is 12.9. The highest BCUT2D eigenvalue weighted by atomic mass is 19.1. The molecule has 5 rings (SSSR count). The van der Waals surface area contributed by atoms with Gasteiger partial charge in [0.25, 0.3) is 5.91 Å². The van der Waals surface area contributed by atoms with E-state index in [1.807, 2.05) is 30.3 Å². The number of ether oxygens (including phenoxy) is 1. The molecule has 1 unspecified atom stereocenters. The van der Waals surface area contributed by atoms with Gasteiger partial charge in [-0.1, -0.05) is 47.7 Å². The van der Waals surface area contributed by atoms with Crippen molar-refractivity contribution in [3.05, 3.63) is 84.3 Å². The van der Waals surface area contributed by atoms with Crippen LogP contribution < -0.4 is 5.32 Å². The molecule has 9 nitrogen and oxygen atoms in total. The molecule has 1 saturated heterocycles. The third-order valence-electron chi connectivity index (χ3n) is 6.11. The number of nitrogens with one attached hydrogen (secondary N) is 1. The molecule has 5 atom stereocenters. The molecule has 0 radical (unpaired) electrons. The SMILES string of the molecule is O=C(NC1O[C@H](CO)[C@H](O)[C@H](n2cc(-c3cccc(F)c3)nn2)[C@H]1O)c1ccc2ccccc2c1. The van der Waals surface area contributed by atoms with Crippen LogP contribution in [0.25, 0.3) is 22.0 Å². The van der Waals surface area contributed by atoms with Crippen molar-refractivity contribution in [2.75, 3.05) is 6.61 Å². The standard InChI is InChI=1S/C25H23FN4O5/c26-18-7-3-6-16(11-18)19-12-30(29-28-19)21-22(32)20(13-31)35-25(23(21)33)27-24(34)17-9-8-14-4-1-2-5-15(14)10-17/h1-12,20-23,25,31-33H,13H2,(H,27,34)/t20-,21+,22+,23-,25?/m1/s1. The van der Waals surface area contributed by atoms with Crippen LogP contribution in [-0.4, -0.2) is 67.4 Å². The largest absolute Gasteiger partial charge is 0.394 e. The molecule has 0 bridgehead atoms. The molecule has 1 aromatic heterocycles. The molecular weight excluding hydrogens is 455 g/mol. The zero-order valence-corrected chi connectivity index (χ0v) is 18.4. The number of carbonyl (C=O) groups excluding carboxylic acids is 1. The monoisotopic (exact) mass is 478 g/mol. The molecule has 4 aromatic rings. The van der Waals surface area contributed by atoms with E-state index in [2.05, 4.69) is 15.6 Å². The summed E-state index contributed by atoms with van der Waals surface area (Å²) in [7, 11) is 0. The van der Waals surface area contributed by atoms with Crippen molar-refractivity contribution in [1.29, 1.82) is 0 Å². The van der Waals surface area contributed by atoms with Gasteiger partial charge in [-0.05, 0) is 35.0 Å². The van der Waals surface area contributed by atoms with Crippen LogP contribution in [-0.2, 0) is 4.74 Å². The first kappa shape index (κ1) is 23.1. The van der Waals surface area contributed by atoms with Crippen LogP contribution in [0, 0.1) is 5.82 Å². The lowest BCUT2D eigenvalue weighted by Crippen LogP contribution is -2.61. The Balaban J connectivity index is 1.40. The van der Waals surface area contributed by atoms with E-state index in [0.29, 0.717) is 16.8 Å². The molecule has 180 valence electrons. The molecule has 0 spiro atoms. The second-order valence-electron chi connectivity index (χ2n) is 8.38. The van der Waals surface area contributed by atoms with Crippen LogP contribution in [0.4, 0.5) is 4.39 Å². The first-order valence-electron chi connectivity index (χ1n) is 11.0. The Kier molecular flexibility index (Phi) is 6.27. The van der Waals surface area contributed by atoms with Gasteiger partial charge in [0, 0.05) is 11.1 Å². The van der Waals surface area contributed by atoms with Crippen molar-refractivity contribution in [2.45, 2.75) is 30.6 Å². The smallest absolute Gasteiger partial charge is 0.253 e. The molecule has 3 aromatic carbocycles. The predicted octanol–water partition coefficient (Wildman–Crippen LogP) is 1.65. The van der Waals surface area contributed by atoms with Crippen molar-refractivity contribution in [3.8, 4) is 11.3 Å². The number of nitrogens with zero attached hydrogens (tertiary/aromatic N) is 3. The minimum absolute atomic E-state index is 0.327. The molecular formula is C25H23FN4O5. The topological polar surface area (TPSA) is 130 Å². The highest BCUT2D eigenvalue weighted by Gasteiger charge is 2.46. The van der Waals surface area contributed by atoms with E-state index in [-0.39, 0.29) is 0 Å². The molecule has 10 heteroatoms. The van der Waals surface area contributed by atoms with Gasteiger partial charge in [-0.25, -0.2) is 9.07 Å². The summed E-state index contributed by atoms with van der Waals surface area (Å²) in [6, 6.07) is 17.4. The Morgan fingerprint density at radius 3 is 2.60 bits per heavy atom. The van der Waals surface area contributed by atoms with Gasteiger partial charge in [-0.15, -0.1) is 5.10 Å². The molecule has 1 amide bonds. The molecule has 35 heavy (non-hydrogen) atoms. The number of benzene rings is 3. The Morgan fingerprint density at radius 2 is 1.83 bits per heavy atom. The van der Waals surface area contributed by atoms with Crippen LogP contribution in [0.3, 0.4) is 0 Å². The molecule has 1 aliphatic rings. The number of aliphatic hydroxyl groups is 3. The number of fused-ring (bicyclic) bond motifs is 1. The minimum atomic E-state index is -1.43.